The van der Waals surface area contributed by atoms with Gasteiger partial charge in [0.2, 0.25) is 0 Å². The van der Waals surface area contributed by atoms with Crippen molar-refractivity contribution < 1.29 is 0 Å². The van der Waals surface area contributed by atoms with Crippen molar-refractivity contribution in [3.8, 4) is 0 Å². The molecule has 0 amide bonds. The number of benzene rings is 1. The van der Waals surface area contributed by atoms with Crippen molar-refractivity contribution in [3.63, 3.8) is 0 Å². The Kier molecular flexibility index (Phi) is 3.33. The van der Waals surface area contributed by atoms with Crippen LogP contribution in [0, 0.1) is 0 Å². The number of hydrogen-bond donors (Lipinski definition) is 1. The van der Waals surface area contributed by atoms with E-state index >= 15 is 0 Å². The minimum Gasteiger partial charge on any atom is -0.261 e. The molecule has 1 aliphatic heterocycles. The van der Waals surface area contributed by atoms with Crippen LogP contribution in [0.25, 0.3) is 11.0 Å². The first-order chi connectivity index (χ1) is 10.3. The predicted molar refractivity (Wildman–Crippen MR) is 85.3 cm³/mol. The standard InChI is InChI=1S/C15H13ClN4S/c16-11-2-1-3-12(6-11)21-20-5-4-13-10(9-20)7-17-15-14(13)8-18-19-15/h1-3,6-8H,4-5,9H2,(H,17,18,19). The van der Waals surface area contributed by atoms with Gasteiger partial charge in [-0.05, 0) is 47.7 Å². The molecule has 4 rings (SSSR count). The highest BCUT2D eigenvalue weighted by Gasteiger charge is 2.20. The lowest BCUT2D eigenvalue weighted by atomic mass is 10.0. The molecular formula is C15H13ClN4S. The number of H-pyrrole nitrogens is 1. The molecule has 1 aliphatic rings. The van der Waals surface area contributed by atoms with Gasteiger partial charge in [0, 0.05) is 34.6 Å². The summed E-state index contributed by atoms with van der Waals surface area (Å²) in [5.41, 5.74) is 3.53. The van der Waals surface area contributed by atoms with Gasteiger partial charge in [-0.3, -0.25) is 5.10 Å². The Morgan fingerprint density at radius 1 is 1.29 bits per heavy atom. The van der Waals surface area contributed by atoms with Crippen LogP contribution in [0.4, 0.5) is 0 Å². The van der Waals surface area contributed by atoms with Crippen LogP contribution < -0.4 is 0 Å². The van der Waals surface area contributed by atoms with E-state index in [-0.39, 0.29) is 0 Å². The molecular weight excluding hydrogens is 304 g/mol. The van der Waals surface area contributed by atoms with E-state index in [1.165, 1.54) is 16.0 Å². The molecule has 21 heavy (non-hydrogen) atoms. The Hall–Kier alpha value is -1.56. The number of nitrogens with one attached hydrogen (secondary N) is 1. The quantitative estimate of drug-likeness (QED) is 0.733. The molecule has 6 heteroatoms. The topological polar surface area (TPSA) is 44.8 Å². The number of pyridine rings is 1. The SMILES string of the molecule is Clc1cccc(SN2CCc3c(cnc4[nH]ncc34)C2)c1. The molecule has 0 unspecified atom stereocenters. The van der Waals surface area contributed by atoms with Crippen LogP contribution in [0.2, 0.25) is 5.02 Å². The van der Waals surface area contributed by atoms with E-state index in [1.54, 1.807) is 11.9 Å². The van der Waals surface area contributed by atoms with Gasteiger partial charge in [-0.2, -0.15) is 5.10 Å². The zero-order valence-electron chi connectivity index (χ0n) is 11.2. The molecule has 2 aromatic heterocycles. The van der Waals surface area contributed by atoms with Gasteiger partial charge in [0.25, 0.3) is 0 Å². The number of nitrogens with zero attached hydrogens (tertiary/aromatic N) is 3. The third-order valence-corrected chi connectivity index (χ3v) is 4.94. The summed E-state index contributed by atoms with van der Waals surface area (Å²) in [6.45, 7) is 1.90. The first kappa shape index (κ1) is 13.1. The predicted octanol–water partition coefficient (Wildman–Crippen LogP) is 3.68. The smallest absolute Gasteiger partial charge is 0.155 e. The maximum atomic E-state index is 6.04. The minimum atomic E-state index is 0.777. The number of rotatable bonds is 2. The molecule has 0 aliphatic carbocycles. The zero-order valence-corrected chi connectivity index (χ0v) is 12.8. The molecule has 106 valence electrons. The van der Waals surface area contributed by atoms with Crippen LogP contribution in [0.15, 0.2) is 41.6 Å². The highest BCUT2D eigenvalue weighted by Crippen LogP contribution is 2.32. The van der Waals surface area contributed by atoms with Gasteiger partial charge < -0.3 is 0 Å². The van der Waals surface area contributed by atoms with Gasteiger partial charge in [0.15, 0.2) is 5.65 Å². The van der Waals surface area contributed by atoms with Gasteiger partial charge in [-0.15, -0.1) is 0 Å². The summed E-state index contributed by atoms with van der Waals surface area (Å²) in [4.78, 5) is 5.60. The summed E-state index contributed by atoms with van der Waals surface area (Å²) < 4.78 is 2.35. The second-order valence-corrected chi connectivity index (χ2v) is 6.66. The molecule has 0 radical (unpaired) electrons. The van der Waals surface area contributed by atoms with Crippen LogP contribution in [-0.2, 0) is 13.0 Å². The fourth-order valence-corrected chi connectivity index (χ4v) is 3.94. The molecule has 0 spiro atoms. The third-order valence-electron chi connectivity index (χ3n) is 3.67. The lowest BCUT2D eigenvalue weighted by molar-refractivity contribution is 0.445. The van der Waals surface area contributed by atoms with Crippen LogP contribution in [0.3, 0.4) is 0 Å². The molecule has 0 saturated carbocycles. The summed E-state index contributed by atoms with van der Waals surface area (Å²) in [6.07, 6.45) is 4.85. The second-order valence-electron chi connectivity index (χ2n) is 5.06. The van der Waals surface area contributed by atoms with Crippen LogP contribution in [0.1, 0.15) is 11.1 Å². The fraction of sp³-hybridized carbons (Fsp3) is 0.200. The van der Waals surface area contributed by atoms with E-state index < -0.39 is 0 Å². The largest absolute Gasteiger partial charge is 0.261 e. The van der Waals surface area contributed by atoms with Crippen LogP contribution in [-0.4, -0.2) is 26.0 Å². The van der Waals surface area contributed by atoms with Gasteiger partial charge >= 0.3 is 0 Å². The molecule has 0 fully saturated rings. The van der Waals surface area contributed by atoms with Crippen molar-refractivity contribution in [1.82, 2.24) is 19.5 Å². The molecule has 0 bridgehead atoms. The first-order valence-electron chi connectivity index (χ1n) is 6.78. The fourth-order valence-electron chi connectivity index (χ4n) is 2.68. The summed E-state index contributed by atoms with van der Waals surface area (Å²) in [6, 6.07) is 7.97. The molecule has 1 aromatic carbocycles. The number of hydrogen-bond acceptors (Lipinski definition) is 4. The number of halogens is 1. The zero-order chi connectivity index (χ0) is 14.2. The molecule has 3 aromatic rings. The first-order valence-corrected chi connectivity index (χ1v) is 7.93. The van der Waals surface area contributed by atoms with E-state index in [0.29, 0.717) is 0 Å². The van der Waals surface area contributed by atoms with Gasteiger partial charge in [0.1, 0.15) is 0 Å². The Balaban J connectivity index is 1.59. The van der Waals surface area contributed by atoms with Crippen molar-refractivity contribution in [2.45, 2.75) is 17.9 Å². The Morgan fingerprint density at radius 2 is 2.24 bits per heavy atom. The minimum absolute atomic E-state index is 0.777. The summed E-state index contributed by atoms with van der Waals surface area (Å²) >= 11 is 7.79. The average molecular weight is 317 g/mol. The van der Waals surface area contributed by atoms with E-state index in [0.717, 1.165) is 35.6 Å². The van der Waals surface area contributed by atoms with Gasteiger partial charge in [-0.1, -0.05) is 17.7 Å². The number of aromatic amines is 1. The van der Waals surface area contributed by atoms with Crippen molar-refractivity contribution >= 4 is 34.6 Å². The highest BCUT2D eigenvalue weighted by molar-refractivity contribution is 7.97. The highest BCUT2D eigenvalue weighted by atomic mass is 35.5. The molecule has 1 N–H and O–H groups in total. The van der Waals surface area contributed by atoms with Crippen molar-refractivity contribution in [1.29, 1.82) is 0 Å². The van der Waals surface area contributed by atoms with Gasteiger partial charge in [0.05, 0.1) is 6.20 Å². The summed E-state index contributed by atoms with van der Waals surface area (Å²) in [7, 11) is 0. The lowest BCUT2D eigenvalue weighted by Gasteiger charge is -2.27. The molecule has 0 saturated heterocycles. The molecule has 4 nitrogen and oxygen atoms in total. The van der Waals surface area contributed by atoms with E-state index in [2.05, 4.69) is 25.6 Å². The molecule has 3 heterocycles. The maximum Gasteiger partial charge on any atom is 0.155 e. The Morgan fingerprint density at radius 3 is 3.14 bits per heavy atom. The third kappa shape index (κ3) is 2.52. The molecule has 0 atom stereocenters. The summed E-state index contributed by atoms with van der Waals surface area (Å²) in [5.74, 6) is 0. The average Bonchev–Trinajstić information content (AvgIpc) is 2.96. The van der Waals surface area contributed by atoms with Crippen LogP contribution in [0.5, 0.6) is 0 Å². The lowest BCUT2D eigenvalue weighted by Crippen LogP contribution is -2.24. The van der Waals surface area contributed by atoms with Gasteiger partial charge in [-0.25, -0.2) is 9.29 Å². The van der Waals surface area contributed by atoms with E-state index in [9.17, 15) is 0 Å². The van der Waals surface area contributed by atoms with Crippen molar-refractivity contribution in [2.75, 3.05) is 6.54 Å². The maximum absolute atomic E-state index is 6.04. The number of aromatic nitrogens is 3. The Bertz CT molecular complexity index is 801. The summed E-state index contributed by atoms with van der Waals surface area (Å²) in [5, 5.41) is 8.95. The Labute approximate surface area is 131 Å². The van der Waals surface area contributed by atoms with Crippen molar-refractivity contribution in [2.24, 2.45) is 0 Å². The van der Waals surface area contributed by atoms with Crippen molar-refractivity contribution in [3.05, 3.63) is 52.8 Å². The van der Waals surface area contributed by atoms with E-state index in [4.69, 9.17) is 11.6 Å². The number of fused-ring (bicyclic) bond motifs is 3. The second kappa shape index (κ2) is 5.33. The monoisotopic (exact) mass is 316 g/mol. The van der Waals surface area contributed by atoms with Crippen LogP contribution >= 0.6 is 23.5 Å². The normalized spacial score (nSPS) is 15.3. The van der Waals surface area contributed by atoms with E-state index in [1.807, 2.05) is 30.6 Å².